The predicted octanol–water partition coefficient (Wildman–Crippen LogP) is 2.32. The van der Waals surface area contributed by atoms with Crippen molar-refractivity contribution < 1.29 is 22.9 Å². The van der Waals surface area contributed by atoms with Gasteiger partial charge in [0.2, 0.25) is 0 Å². The average Bonchev–Trinajstić information content (AvgIpc) is 2.36. The Morgan fingerprint density at radius 1 is 1.40 bits per heavy atom. The normalized spacial score (nSPS) is 11.0. The van der Waals surface area contributed by atoms with Gasteiger partial charge in [0.25, 0.3) is 11.6 Å². The van der Waals surface area contributed by atoms with Crippen molar-refractivity contribution in [2.75, 3.05) is 18.9 Å². The molecular formula is C11H12F3N3O3. The molecule has 20 heavy (non-hydrogen) atoms. The highest BCUT2D eigenvalue weighted by molar-refractivity contribution is 5.95. The summed E-state index contributed by atoms with van der Waals surface area (Å²) < 4.78 is 35.8. The van der Waals surface area contributed by atoms with Crippen LogP contribution in [0.25, 0.3) is 0 Å². The van der Waals surface area contributed by atoms with E-state index in [1.807, 2.05) is 0 Å². The van der Waals surface area contributed by atoms with Gasteiger partial charge in [-0.3, -0.25) is 14.9 Å². The minimum atomic E-state index is -4.35. The van der Waals surface area contributed by atoms with E-state index in [4.69, 9.17) is 0 Å². The zero-order valence-corrected chi connectivity index (χ0v) is 10.5. The second kappa shape index (κ2) is 6.22. The maximum atomic E-state index is 11.9. The van der Waals surface area contributed by atoms with Crippen LogP contribution in [-0.4, -0.2) is 30.6 Å². The first-order chi connectivity index (χ1) is 9.24. The number of amides is 1. The second-order valence-electron chi connectivity index (χ2n) is 3.86. The van der Waals surface area contributed by atoms with Gasteiger partial charge >= 0.3 is 6.18 Å². The van der Waals surface area contributed by atoms with Crippen molar-refractivity contribution in [1.29, 1.82) is 0 Å². The lowest BCUT2D eigenvalue weighted by atomic mass is 10.1. The third-order valence-corrected chi connectivity index (χ3v) is 2.42. The number of carbonyl (C=O) groups is 1. The highest BCUT2D eigenvalue weighted by atomic mass is 19.4. The molecule has 0 unspecified atom stereocenters. The lowest BCUT2D eigenvalue weighted by Crippen LogP contribution is -2.27. The Kier molecular flexibility index (Phi) is 4.89. The SMILES string of the molecule is CNc1cc(C(=O)NCCC(F)(F)F)ccc1[N+](=O)[O-]. The first kappa shape index (κ1) is 15.7. The fourth-order valence-electron chi connectivity index (χ4n) is 1.46. The van der Waals surface area contributed by atoms with Gasteiger partial charge < -0.3 is 10.6 Å². The Morgan fingerprint density at radius 2 is 2.05 bits per heavy atom. The molecule has 0 heterocycles. The number of hydrogen-bond acceptors (Lipinski definition) is 4. The molecule has 1 aromatic carbocycles. The van der Waals surface area contributed by atoms with E-state index in [1.165, 1.54) is 19.2 Å². The molecule has 9 heteroatoms. The Hall–Kier alpha value is -2.32. The van der Waals surface area contributed by atoms with Crippen LogP contribution in [0.1, 0.15) is 16.8 Å². The van der Waals surface area contributed by atoms with E-state index in [0.717, 1.165) is 6.07 Å². The molecule has 2 N–H and O–H groups in total. The second-order valence-corrected chi connectivity index (χ2v) is 3.86. The van der Waals surface area contributed by atoms with Gasteiger partial charge in [-0.15, -0.1) is 0 Å². The molecule has 0 radical (unpaired) electrons. The number of nitrogens with one attached hydrogen (secondary N) is 2. The van der Waals surface area contributed by atoms with Gasteiger partial charge in [0.15, 0.2) is 0 Å². The van der Waals surface area contributed by atoms with Crippen molar-refractivity contribution in [2.24, 2.45) is 0 Å². The summed E-state index contributed by atoms with van der Waals surface area (Å²) in [6.07, 6.45) is -5.48. The number of hydrogen-bond donors (Lipinski definition) is 2. The van der Waals surface area contributed by atoms with Crippen LogP contribution in [0.4, 0.5) is 24.5 Å². The number of halogens is 3. The number of alkyl halides is 3. The average molecular weight is 291 g/mol. The van der Waals surface area contributed by atoms with Crippen LogP contribution >= 0.6 is 0 Å². The van der Waals surface area contributed by atoms with Crippen LogP contribution in [0.3, 0.4) is 0 Å². The Morgan fingerprint density at radius 3 is 2.55 bits per heavy atom. The van der Waals surface area contributed by atoms with Crippen molar-refractivity contribution in [3.8, 4) is 0 Å². The van der Waals surface area contributed by atoms with Crippen molar-refractivity contribution in [3.63, 3.8) is 0 Å². The first-order valence-corrected chi connectivity index (χ1v) is 5.55. The zero-order valence-electron chi connectivity index (χ0n) is 10.5. The van der Waals surface area contributed by atoms with Crippen molar-refractivity contribution in [2.45, 2.75) is 12.6 Å². The highest BCUT2D eigenvalue weighted by Crippen LogP contribution is 2.25. The molecule has 0 fully saturated rings. The number of nitro groups is 1. The van der Waals surface area contributed by atoms with Gasteiger partial charge in [-0.2, -0.15) is 13.2 Å². The molecule has 6 nitrogen and oxygen atoms in total. The van der Waals surface area contributed by atoms with E-state index in [0.29, 0.717) is 0 Å². The number of nitro benzene ring substituents is 1. The van der Waals surface area contributed by atoms with Crippen molar-refractivity contribution in [3.05, 3.63) is 33.9 Å². The summed E-state index contributed by atoms with van der Waals surface area (Å²) >= 11 is 0. The Balaban J connectivity index is 2.77. The molecule has 0 aliphatic heterocycles. The van der Waals surface area contributed by atoms with Crippen LogP contribution < -0.4 is 10.6 Å². The molecule has 0 bridgehead atoms. The summed E-state index contributed by atoms with van der Waals surface area (Å²) in [5.74, 6) is -0.722. The molecule has 0 spiro atoms. The Labute approximate surface area is 112 Å². The topological polar surface area (TPSA) is 84.3 Å². The van der Waals surface area contributed by atoms with E-state index < -0.39 is 30.0 Å². The molecule has 1 aromatic rings. The van der Waals surface area contributed by atoms with Crippen molar-refractivity contribution >= 4 is 17.3 Å². The molecule has 0 saturated heterocycles. The molecule has 1 rings (SSSR count). The molecule has 0 aromatic heterocycles. The van der Waals surface area contributed by atoms with Crippen LogP contribution in [0.5, 0.6) is 0 Å². The molecule has 110 valence electrons. The molecule has 1 amide bonds. The van der Waals surface area contributed by atoms with Crippen LogP contribution in [0, 0.1) is 10.1 Å². The highest BCUT2D eigenvalue weighted by Gasteiger charge is 2.26. The summed E-state index contributed by atoms with van der Waals surface area (Å²) in [6.45, 7) is -0.547. The summed E-state index contributed by atoms with van der Waals surface area (Å²) in [4.78, 5) is 21.7. The van der Waals surface area contributed by atoms with Crippen molar-refractivity contribution in [1.82, 2.24) is 5.32 Å². The number of nitrogens with zero attached hydrogens (tertiary/aromatic N) is 1. The number of rotatable bonds is 5. The van der Waals surface area contributed by atoms with E-state index in [9.17, 15) is 28.1 Å². The fraction of sp³-hybridized carbons (Fsp3) is 0.364. The molecule has 0 atom stereocenters. The van der Waals surface area contributed by atoms with Crippen LogP contribution in [-0.2, 0) is 0 Å². The molecule has 0 aliphatic rings. The maximum Gasteiger partial charge on any atom is 0.390 e. The summed E-state index contributed by atoms with van der Waals surface area (Å²) in [5.41, 5.74) is -0.0695. The van der Waals surface area contributed by atoms with Gasteiger partial charge in [-0.25, -0.2) is 0 Å². The van der Waals surface area contributed by atoms with Crippen LogP contribution in [0.15, 0.2) is 18.2 Å². The Bertz CT molecular complexity index is 517. The molecule has 0 saturated carbocycles. The number of anilines is 1. The molecular weight excluding hydrogens is 279 g/mol. The van der Waals surface area contributed by atoms with E-state index in [-0.39, 0.29) is 16.9 Å². The third kappa shape index (κ3) is 4.41. The van der Waals surface area contributed by atoms with Gasteiger partial charge in [-0.05, 0) is 12.1 Å². The van der Waals surface area contributed by atoms with E-state index in [2.05, 4.69) is 10.6 Å². The van der Waals surface area contributed by atoms with Gasteiger partial charge in [0.1, 0.15) is 5.69 Å². The maximum absolute atomic E-state index is 11.9. The largest absolute Gasteiger partial charge is 0.390 e. The quantitative estimate of drug-likeness (QED) is 0.644. The van der Waals surface area contributed by atoms with Gasteiger partial charge in [-0.1, -0.05) is 0 Å². The lowest BCUT2D eigenvalue weighted by molar-refractivity contribution is -0.383. The lowest BCUT2D eigenvalue weighted by Gasteiger charge is -2.09. The predicted molar refractivity (Wildman–Crippen MR) is 65.6 cm³/mol. The monoisotopic (exact) mass is 291 g/mol. The number of carbonyl (C=O) groups excluding carboxylic acids is 1. The van der Waals surface area contributed by atoms with Gasteiger partial charge in [0.05, 0.1) is 11.3 Å². The fourth-order valence-corrected chi connectivity index (χ4v) is 1.46. The zero-order chi connectivity index (χ0) is 15.3. The van der Waals surface area contributed by atoms with Crippen LogP contribution in [0.2, 0.25) is 0 Å². The smallest absolute Gasteiger partial charge is 0.383 e. The standard InChI is InChI=1S/C11H12F3N3O3/c1-15-8-6-7(2-3-9(8)17(19)20)10(18)16-5-4-11(12,13)14/h2-3,6,15H,4-5H2,1H3,(H,16,18). The molecule has 0 aliphatic carbocycles. The summed E-state index contributed by atoms with van der Waals surface area (Å²) in [7, 11) is 1.44. The minimum absolute atomic E-state index is 0.0436. The number of benzene rings is 1. The summed E-state index contributed by atoms with van der Waals surface area (Å²) in [5, 5.41) is 15.3. The van der Waals surface area contributed by atoms with E-state index >= 15 is 0 Å². The van der Waals surface area contributed by atoms with E-state index in [1.54, 1.807) is 0 Å². The first-order valence-electron chi connectivity index (χ1n) is 5.55. The minimum Gasteiger partial charge on any atom is -0.383 e. The van der Waals surface area contributed by atoms with Gasteiger partial charge in [0, 0.05) is 25.2 Å². The summed E-state index contributed by atoms with van der Waals surface area (Å²) in [6, 6.07) is 3.51. The third-order valence-electron chi connectivity index (χ3n) is 2.42.